The Morgan fingerprint density at radius 1 is 1.24 bits per heavy atom. The normalized spacial score (nSPS) is 11.2. The van der Waals surface area contributed by atoms with Gasteiger partial charge in [-0.15, -0.1) is 24.0 Å². The molecule has 0 spiro atoms. The van der Waals surface area contributed by atoms with Gasteiger partial charge in [0.15, 0.2) is 5.96 Å². The van der Waals surface area contributed by atoms with Crippen LogP contribution in [0, 0.1) is 0 Å². The predicted octanol–water partition coefficient (Wildman–Crippen LogP) is 2.60. The minimum absolute atomic E-state index is 0. The molecule has 0 saturated heterocycles. The van der Waals surface area contributed by atoms with Gasteiger partial charge in [0.25, 0.3) is 0 Å². The lowest BCUT2D eigenvalue weighted by atomic mass is 10.2. The van der Waals surface area contributed by atoms with Crippen molar-refractivity contribution < 1.29 is 9.47 Å². The summed E-state index contributed by atoms with van der Waals surface area (Å²) in [5, 5.41) is 7.25. The number of aliphatic imine (C=N–C) groups is 1. The van der Waals surface area contributed by atoms with Crippen LogP contribution in [0.2, 0.25) is 5.02 Å². The highest BCUT2D eigenvalue weighted by Crippen LogP contribution is 2.22. The molecule has 0 amide bonds. The third kappa shape index (κ3) is 10.1. The Bertz CT molecular complexity index is 517. The molecule has 0 aliphatic carbocycles. The molecule has 0 aliphatic heterocycles. The molecule has 0 atom stereocenters. The summed E-state index contributed by atoms with van der Waals surface area (Å²) in [5.41, 5.74) is 1.03. The van der Waals surface area contributed by atoms with Gasteiger partial charge in [-0.1, -0.05) is 17.7 Å². The number of hydrogen-bond acceptors (Lipinski definition) is 4. The molecule has 1 aromatic carbocycles. The monoisotopic (exact) mass is 484 g/mol. The summed E-state index contributed by atoms with van der Waals surface area (Å²) < 4.78 is 10.4. The van der Waals surface area contributed by atoms with Crippen LogP contribution in [0.3, 0.4) is 0 Å². The average Bonchev–Trinajstić information content (AvgIpc) is 2.58. The van der Waals surface area contributed by atoms with Gasteiger partial charge < -0.3 is 25.0 Å². The smallest absolute Gasteiger partial charge is 0.191 e. The van der Waals surface area contributed by atoms with Crippen LogP contribution in [0.25, 0.3) is 0 Å². The molecular weight excluding hydrogens is 455 g/mol. The van der Waals surface area contributed by atoms with Gasteiger partial charge in [0.2, 0.25) is 0 Å². The van der Waals surface area contributed by atoms with Crippen molar-refractivity contribution in [1.82, 2.24) is 15.5 Å². The van der Waals surface area contributed by atoms with Gasteiger partial charge in [0.1, 0.15) is 5.75 Å². The van der Waals surface area contributed by atoms with Gasteiger partial charge in [-0.25, -0.2) is 0 Å². The van der Waals surface area contributed by atoms with E-state index < -0.39 is 0 Å². The minimum Gasteiger partial charge on any atom is -0.496 e. The van der Waals surface area contributed by atoms with Crippen molar-refractivity contribution in [1.29, 1.82) is 0 Å². The minimum atomic E-state index is 0. The summed E-state index contributed by atoms with van der Waals surface area (Å²) in [6.45, 7) is 4.19. The number of likely N-dealkylation sites (N-methyl/N-ethyl adjacent to an activating group) is 1. The lowest BCUT2D eigenvalue weighted by Crippen LogP contribution is -2.40. The molecule has 1 aromatic rings. The van der Waals surface area contributed by atoms with Crippen molar-refractivity contribution in [2.75, 3.05) is 54.6 Å². The Balaban J connectivity index is 0.00000576. The molecule has 0 aromatic heterocycles. The van der Waals surface area contributed by atoms with Gasteiger partial charge >= 0.3 is 0 Å². The molecule has 1 rings (SSSR count). The van der Waals surface area contributed by atoms with Crippen LogP contribution in [0.15, 0.2) is 23.2 Å². The molecule has 6 nitrogen and oxygen atoms in total. The van der Waals surface area contributed by atoms with E-state index in [1.165, 1.54) is 0 Å². The van der Waals surface area contributed by atoms with Crippen LogP contribution in [0.1, 0.15) is 12.0 Å². The number of guanidine groups is 1. The molecule has 0 unspecified atom stereocenters. The van der Waals surface area contributed by atoms with E-state index in [2.05, 4.69) is 27.6 Å². The Morgan fingerprint density at radius 3 is 2.64 bits per heavy atom. The number of nitrogens with one attached hydrogen (secondary N) is 2. The van der Waals surface area contributed by atoms with Crippen molar-refractivity contribution in [3.8, 4) is 5.75 Å². The molecule has 0 fully saturated rings. The molecule has 0 heterocycles. The Hall–Kier alpha value is -0.770. The van der Waals surface area contributed by atoms with Crippen molar-refractivity contribution >= 4 is 41.5 Å². The first-order valence-corrected chi connectivity index (χ1v) is 8.43. The number of rotatable bonds is 10. The van der Waals surface area contributed by atoms with Crippen LogP contribution >= 0.6 is 35.6 Å². The first-order chi connectivity index (χ1) is 11.6. The van der Waals surface area contributed by atoms with Crippen molar-refractivity contribution in [2.24, 2.45) is 4.99 Å². The summed E-state index contributed by atoms with van der Waals surface area (Å²) in [6.07, 6.45) is 1.04. The van der Waals surface area contributed by atoms with E-state index in [1.54, 1.807) is 21.3 Å². The fourth-order valence-corrected chi connectivity index (χ4v) is 2.38. The van der Waals surface area contributed by atoms with Crippen LogP contribution in [0.5, 0.6) is 5.75 Å². The largest absolute Gasteiger partial charge is 0.496 e. The van der Waals surface area contributed by atoms with Gasteiger partial charge in [0, 0.05) is 57.5 Å². The summed E-state index contributed by atoms with van der Waals surface area (Å²) in [6, 6.07) is 5.61. The SMILES string of the molecule is CN=C(NCCN(C)CCCOC)NCc1ccc(Cl)cc1OC.I. The number of halogens is 2. The molecule has 2 N–H and O–H groups in total. The van der Waals surface area contributed by atoms with E-state index in [-0.39, 0.29) is 24.0 Å². The van der Waals surface area contributed by atoms with Gasteiger partial charge in [0.05, 0.1) is 7.11 Å². The van der Waals surface area contributed by atoms with E-state index in [0.717, 1.165) is 49.9 Å². The molecule has 144 valence electrons. The standard InChI is InChI=1S/C17H29ClN4O2.HI/c1-19-17(20-8-10-22(2)9-5-11-23-3)21-13-14-6-7-15(18)12-16(14)24-4;/h6-7,12H,5,8-11,13H2,1-4H3,(H2,19,20,21);1H. The second-order valence-corrected chi connectivity index (χ2v) is 5.89. The maximum Gasteiger partial charge on any atom is 0.191 e. The van der Waals surface area contributed by atoms with Crippen LogP contribution in [-0.2, 0) is 11.3 Å². The molecule has 0 radical (unpaired) electrons. The van der Waals surface area contributed by atoms with Crippen LogP contribution in [-0.4, -0.2) is 65.4 Å². The highest BCUT2D eigenvalue weighted by molar-refractivity contribution is 14.0. The first-order valence-electron chi connectivity index (χ1n) is 8.05. The fourth-order valence-electron chi connectivity index (χ4n) is 2.22. The number of ether oxygens (including phenoxy) is 2. The van der Waals surface area contributed by atoms with Crippen LogP contribution < -0.4 is 15.4 Å². The zero-order valence-electron chi connectivity index (χ0n) is 15.5. The maximum absolute atomic E-state index is 5.98. The maximum atomic E-state index is 5.98. The van der Waals surface area contributed by atoms with E-state index in [9.17, 15) is 0 Å². The Labute approximate surface area is 173 Å². The molecule has 0 saturated carbocycles. The molecular formula is C17H30ClIN4O2. The number of nitrogens with zero attached hydrogens (tertiary/aromatic N) is 2. The van der Waals surface area contributed by atoms with E-state index in [1.807, 2.05) is 18.2 Å². The number of methoxy groups -OCH3 is 2. The van der Waals surface area contributed by atoms with Gasteiger partial charge in [-0.3, -0.25) is 4.99 Å². The van der Waals surface area contributed by atoms with E-state index >= 15 is 0 Å². The van der Waals surface area contributed by atoms with E-state index in [4.69, 9.17) is 21.1 Å². The second kappa shape index (κ2) is 14.4. The van der Waals surface area contributed by atoms with Crippen molar-refractivity contribution in [3.63, 3.8) is 0 Å². The highest BCUT2D eigenvalue weighted by atomic mass is 127. The summed E-state index contributed by atoms with van der Waals surface area (Å²) >= 11 is 5.98. The molecule has 25 heavy (non-hydrogen) atoms. The Kier molecular flexibility index (Phi) is 14.0. The van der Waals surface area contributed by atoms with Gasteiger partial charge in [-0.05, 0) is 25.6 Å². The molecule has 0 bridgehead atoms. The number of hydrogen-bond donors (Lipinski definition) is 2. The quantitative estimate of drug-likeness (QED) is 0.231. The van der Waals surface area contributed by atoms with Crippen molar-refractivity contribution in [2.45, 2.75) is 13.0 Å². The summed E-state index contributed by atoms with van der Waals surface area (Å²) in [7, 11) is 7.23. The second-order valence-electron chi connectivity index (χ2n) is 5.46. The molecule has 8 heteroatoms. The van der Waals surface area contributed by atoms with Crippen LogP contribution in [0.4, 0.5) is 0 Å². The first kappa shape index (κ1) is 24.2. The lowest BCUT2D eigenvalue weighted by Gasteiger charge is -2.18. The van der Waals surface area contributed by atoms with Gasteiger partial charge in [-0.2, -0.15) is 0 Å². The third-order valence-corrected chi connectivity index (χ3v) is 3.83. The zero-order chi connectivity index (χ0) is 17.8. The third-order valence-electron chi connectivity index (χ3n) is 3.59. The predicted molar refractivity (Wildman–Crippen MR) is 116 cm³/mol. The Morgan fingerprint density at radius 2 is 2.00 bits per heavy atom. The lowest BCUT2D eigenvalue weighted by molar-refractivity contribution is 0.180. The zero-order valence-corrected chi connectivity index (χ0v) is 18.6. The van der Waals surface area contributed by atoms with Crippen molar-refractivity contribution in [3.05, 3.63) is 28.8 Å². The summed E-state index contributed by atoms with van der Waals surface area (Å²) in [4.78, 5) is 6.50. The number of benzene rings is 1. The highest BCUT2D eigenvalue weighted by Gasteiger charge is 2.05. The average molecular weight is 485 g/mol. The summed E-state index contributed by atoms with van der Waals surface area (Å²) in [5.74, 6) is 1.53. The molecule has 0 aliphatic rings. The van der Waals surface area contributed by atoms with E-state index in [0.29, 0.717) is 11.6 Å². The fraction of sp³-hybridized carbons (Fsp3) is 0.588. The topological polar surface area (TPSA) is 58.1 Å².